The average molecular weight is 452 g/mol. The molecule has 0 saturated heterocycles. The molecule has 31 heavy (non-hydrogen) atoms. The van der Waals surface area contributed by atoms with E-state index in [1.54, 1.807) is 0 Å². The van der Waals surface area contributed by atoms with Gasteiger partial charge in [-0.2, -0.15) is 18.4 Å². The predicted octanol–water partition coefficient (Wildman–Crippen LogP) is 4.55. The zero-order valence-electron chi connectivity index (χ0n) is 16.3. The first-order valence-electron chi connectivity index (χ1n) is 9.06. The summed E-state index contributed by atoms with van der Waals surface area (Å²) in [5.74, 6) is -0.774. The molecule has 6 nitrogen and oxygen atoms in total. The molecule has 164 valence electrons. The SMILES string of the molecule is C=CCN(c1cccc(C(F)(F)F)c1)S(=O)(=O)c1cccc(C(=O)OCCCC#N)c1. The van der Waals surface area contributed by atoms with Gasteiger partial charge >= 0.3 is 12.1 Å². The number of halogens is 3. The van der Waals surface area contributed by atoms with Gasteiger partial charge in [-0.15, -0.1) is 6.58 Å². The van der Waals surface area contributed by atoms with Gasteiger partial charge in [-0.05, 0) is 42.8 Å². The smallest absolute Gasteiger partial charge is 0.416 e. The first kappa shape index (κ1) is 24.0. The van der Waals surface area contributed by atoms with Crippen LogP contribution in [-0.2, 0) is 20.9 Å². The highest BCUT2D eigenvalue weighted by atomic mass is 32.2. The van der Waals surface area contributed by atoms with Crippen LogP contribution in [-0.4, -0.2) is 27.5 Å². The third-order valence-electron chi connectivity index (χ3n) is 4.08. The quantitative estimate of drug-likeness (QED) is 0.317. The van der Waals surface area contributed by atoms with Crippen LogP contribution in [0.1, 0.15) is 28.8 Å². The zero-order chi connectivity index (χ0) is 23.1. The van der Waals surface area contributed by atoms with Gasteiger partial charge in [-0.3, -0.25) is 4.31 Å². The zero-order valence-corrected chi connectivity index (χ0v) is 17.1. The lowest BCUT2D eigenvalue weighted by atomic mass is 10.2. The lowest BCUT2D eigenvalue weighted by Gasteiger charge is -2.24. The summed E-state index contributed by atoms with van der Waals surface area (Å²) in [5, 5.41) is 8.49. The van der Waals surface area contributed by atoms with Crippen molar-refractivity contribution < 1.29 is 31.1 Å². The van der Waals surface area contributed by atoms with Gasteiger partial charge in [0.05, 0.1) is 40.9 Å². The van der Waals surface area contributed by atoms with E-state index in [0.717, 1.165) is 28.6 Å². The number of carbonyl (C=O) groups is 1. The maximum absolute atomic E-state index is 13.2. The van der Waals surface area contributed by atoms with E-state index in [9.17, 15) is 26.4 Å². The first-order chi connectivity index (χ1) is 14.6. The molecule has 0 unspecified atom stereocenters. The molecule has 0 bridgehead atoms. The van der Waals surface area contributed by atoms with Gasteiger partial charge in [0.25, 0.3) is 10.0 Å². The van der Waals surface area contributed by atoms with E-state index in [-0.39, 0.29) is 35.7 Å². The van der Waals surface area contributed by atoms with Crippen molar-refractivity contribution in [2.24, 2.45) is 0 Å². The van der Waals surface area contributed by atoms with Crippen LogP contribution < -0.4 is 4.31 Å². The normalized spacial score (nSPS) is 11.4. The van der Waals surface area contributed by atoms with Crippen molar-refractivity contribution in [1.29, 1.82) is 5.26 Å². The fraction of sp³-hybridized carbons (Fsp3) is 0.238. The number of anilines is 1. The number of rotatable bonds is 9. The average Bonchev–Trinajstić information content (AvgIpc) is 2.74. The molecule has 0 aliphatic rings. The molecule has 2 aromatic carbocycles. The highest BCUT2D eigenvalue weighted by Crippen LogP contribution is 2.33. The number of unbranched alkanes of at least 4 members (excludes halogenated alkanes) is 1. The molecule has 0 atom stereocenters. The number of nitrogens with zero attached hydrogens (tertiary/aromatic N) is 2. The molecule has 0 N–H and O–H groups in total. The molecule has 0 amide bonds. The molecule has 0 saturated carbocycles. The number of ether oxygens (including phenoxy) is 1. The van der Waals surface area contributed by atoms with Gasteiger partial charge in [-0.1, -0.05) is 18.2 Å². The van der Waals surface area contributed by atoms with Crippen molar-refractivity contribution in [3.8, 4) is 6.07 Å². The van der Waals surface area contributed by atoms with Gasteiger partial charge in [-0.25, -0.2) is 13.2 Å². The Balaban J connectivity index is 2.38. The van der Waals surface area contributed by atoms with Crippen LogP contribution in [0.2, 0.25) is 0 Å². The highest BCUT2D eigenvalue weighted by Gasteiger charge is 2.32. The molecular formula is C21H19F3N2O4S. The van der Waals surface area contributed by atoms with Crippen LogP contribution in [0.15, 0.2) is 66.1 Å². The van der Waals surface area contributed by atoms with E-state index in [4.69, 9.17) is 10.00 Å². The third-order valence-corrected chi connectivity index (χ3v) is 5.87. The summed E-state index contributed by atoms with van der Waals surface area (Å²) in [6.07, 6.45) is -2.86. The molecule has 0 spiro atoms. The van der Waals surface area contributed by atoms with Crippen molar-refractivity contribution in [3.63, 3.8) is 0 Å². The molecule has 0 fully saturated rings. The summed E-state index contributed by atoms with van der Waals surface area (Å²) in [6.45, 7) is 3.18. The van der Waals surface area contributed by atoms with Crippen LogP contribution in [0.5, 0.6) is 0 Å². The Morgan fingerprint density at radius 2 is 1.90 bits per heavy atom. The van der Waals surface area contributed by atoms with Crippen molar-refractivity contribution >= 4 is 21.7 Å². The molecule has 0 heterocycles. The Hall–Kier alpha value is -3.32. The number of hydrogen-bond donors (Lipinski definition) is 0. The fourth-order valence-electron chi connectivity index (χ4n) is 2.61. The van der Waals surface area contributed by atoms with Crippen LogP contribution in [0, 0.1) is 11.3 Å². The lowest BCUT2D eigenvalue weighted by molar-refractivity contribution is -0.137. The summed E-state index contributed by atoms with van der Waals surface area (Å²) < 4.78 is 71.3. The summed E-state index contributed by atoms with van der Waals surface area (Å²) >= 11 is 0. The summed E-state index contributed by atoms with van der Waals surface area (Å²) in [6, 6.07) is 10.8. The molecule has 0 aliphatic heterocycles. The Bertz CT molecular complexity index is 1090. The Kier molecular flexibility index (Phi) is 7.83. The lowest BCUT2D eigenvalue weighted by Crippen LogP contribution is -2.31. The number of hydrogen-bond acceptors (Lipinski definition) is 5. The highest BCUT2D eigenvalue weighted by molar-refractivity contribution is 7.92. The maximum Gasteiger partial charge on any atom is 0.416 e. The van der Waals surface area contributed by atoms with E-state index < -0.39 is 27.7 Å². The minimum absolute atomic E-state index is 0.00378. The number of carbonyl (C=O) groups excluding carboxylic acids is 1. The Morgan fingerprint density at radius 1 is 1.19 bits per heavy atom. The van der Waals surface area contributed by atoms with E-state index in [1.165, 1.54) is 30.3 Å². The second-order valence-corrected chi connectivity index (χ2v) is 8.16. The topological polar surface area (TPSA) is 87.5 Å². The van der Waals surface area contributed by atoms with Crippen LogP contribution in [0.3, 0.4) is 0 Å². The van der Waals surface area contributed by atoms with Gasteiger partial charge < -0.3 is 4.74 Å². The van der Waals surface area contributed by atoms with Crippen LogP contribution in [0.4, 0.5) is 18.9 Å². The second-order valence-electron chi connectivity index (χ2n) is 6.30. The van der Waals surface area contributed by atoms with Crippen molar-refractivity contribution in [2.45, 2.75) is 23.9 Å². The predicted molar refractivity (Wildman–Crippen MR) is 108 cm³/mol. The first-order valence-corrected chi connectivity index (χ1v) is 10.5. The minimum Gasteiger partial charge on any atom is -0.462 e. The minimum atomic E-state index is -4.64. The number of alkyl halides is 3. The number of benzene rings is 2. The maximum atomic E-state index is 13.2. The van der Waals surface area contributed by atoms with Crippen LogP contribution >= 0.6 is 0 Å². The summed E-state index contributed by atoms with van der Waals surface area (Å²) in [4.78, 5) is 11.9. The Labute approximate surface area is 178 Å². The van der Waals surface area contributed by atoms with E-state index in [2.05, 4.69) is 6.58 Å². The van der Waals surface area contributed by atoms with Gasteiger partial charge in [0.2, 0.25) is 0 Å². The molecule has 2 aromatic rings. The monoisotopic (exact) mass is 452 g/mol. The van der Waals surface area contributed by atoms with Crippen molar-refractivity contribution in [3.05, 3.63) is 72.3 Å². The van der Waals surface area contributed by atoms with E-state index >= 15 is 0 Å². The van der Waals surface area contributed by atoms with Gasteiger partial charge in [0, 0.05) is 6.42 Å². The number of sulfonamides is 1. The largest absolute Gasteiger partial charge is 0.462 e. The molecule has 0 aliphatic carbocycles. The third kappa shape index (κ3) is 6.08. The summed E-state index contributed by atoms with van der Waals surface area (Å²) in [5.41, 5.74) is -1.23. The molecule has 2 rings (SSSR count). The van der Waals surface area contributed by atoms with E-state index in [1.807, 2.05) is 6.07 Å². The molecule has 10 heteroatoms. The van der Waals surface area contributed by atoms with Crippen molar-refractivity contribution in [2.75, 3.05) is 17.5 Å². The number of esters is 1. The number of nitriles is 1. The molecular weight excluding hydrogens is 433 g/mol. The van der Waals surface area contributed by atoms with Crippen molar-refractivity contribution in [1.82, 2.24) is 0 Å². The Morgan fingerprint density at radius 3 is 2.55 bits per heavy atom. The fourth-order valence-corrected chi connectivity index (χ4v) is 4.08. The van der Waals surface area contributed by atoms with Gasteiger partial charge in [0.1, 0.15) is 0 Å². The molecule has 0 aromatic heterocycles. The van der Waals surface area contributed by atoms with E-state index in [0.29, 0.717) is 6.42 Å². The molecule has 0 radical (unpaired) electrons. The second kappa shape index (κ2) is 10.1. The van der Waals surface area contributed by atoms with Crippen LogP contribution in [0.25, 0.3) is 0 Å². The summed E-state index contributed by atoms with van der Waals surface area (Å²) in [7, 11) is -4.32. The standard InChI is InChI=1S/C21H19F3N2O4S/c1-2-12-26(18-9-6-8-17(15-18)21(22,23)24)31(28,29)19-10-5-7-16(14-19)20(27)30-13-4-3-11-25/h2,5-10,14-15H,1,3-4,12-13H2. The van der Waals surface area contributed by atoms with Gasteiger partial charge in [0.15, 0.2) is 0 Å².